The van der Waals surface area contributed by atoms with E-state index in [-0.39, 0.29) is 11.7 Å². The van der Waals surface area contributed by atoms with Crippen LogP contribution in [0, 0.1) is 5.82 Å². The van der Waals surface area contributed by atoms with Crippen LogP contribution >= 0.6 is 11.6 Å². The first-order valence-electron chi connectivity index (χ1n) is 6.19. The molecule has 0 N–H and O–H groups in total. The molecule has 0 amide bonds. The van der Waals surface area contributed by atoms with E-state index in [0.29, 0.717) is 10.6 Å². The summed E-state index contributed by atoms with van der Waals surface area (Å²) in [7, 11) is 0. The minimum atomic E-state index is -0.163. The molecule has 0 aromatic heterocycles. The Balaban J connectivity index is 1.86. The fourth-order valence-corrected chi connectivity index (χ4v) is 3.25. The van der Waals surface area contributed by atoms with E-state index >= 15 is 0 Å². The van der Waals surface area contributed by atoms with Crippen molar-refractivity contribution >= 4 is 11.6 Å². The highest BCUT2D eigenvalue weighted by atomic mass is 35.5. The first-order valence-corrected chi connectivity index (χ1v) is 6.57. The van der Waals surface area contributed by atoms with Gasteiger partial charge in [-0.15, -0.1) is 0 Å². The highest BCUT2D eigenvalue weighted by Crippen LogP contribution is 2.34. The molecule has 1 aromatic rings. The first-order chi connectivity index (χ1) is 8.25. The number of hydrazine groups is 1. The van der Waals surface area contributed by atoms with Gasteiger partial charge in [-0.05, 0) is 25.0 Å². The Kier molecular flexibility index (Phi) is 3.07. The van der Waals surface area contributed by atoms with Crippen LogP contribution in [0.2, 0.25) is 5.02 Å². The monoisotopic (exact) mass is 254 g/mol. The number of hydrogen-bond acceptors (Lipinski definition) is 2. The molecule has 0 bridgehead atoms. The molecule has 17 heavy (non-hydrogen) atoms. The summed E-state index contributed by atoms with van der Waals surface area (Å²) >= 11 is 6.13. The van der Waals surface area contributed by atoms with Crippen molar-refractivity contribution < 1.29 is 4.39 Å². The molecule has 0 atom stereocenters. The van der Waals surface area contributed by atoms with Crippen molar-refractivity contribution in [3.05, 3.63) is 34.6 Å². The average Bonchev–Trinajstić information content (AvgIpc) is 2.71. The van der Waals surface area contributed by atoms with E-state index in [4.69, 9.17) is 11.6 Å². The summed E-state index contributed by atoms with van der Waals surface area (Å²) in [5, 5.41) is 5.25. The molecular weight excluding hydrogens is 239 g/mol. The number of rotatable bonds is 1. The normalized spacial score (nSPS) is 22.9. The lowest BCUT2D eigenvalue weighted by Crippen LogP contribution is -2.41. The van der Waals surface area contributed by atoms with Crippen LogP contribution in [0.5, 0.6) is 0 Å². The summed E-state index contributed by atoms with van der Waals surface area (Å²) in [5.41, 5.74) is 0.698. The Labute approximate surface area is 106 Å². The van der Waals surface area contributed by atoms with Crippen LogP contribution < -0.4 is 0 Å². The molecule has 0 aliphatic carbocycles. The number of hydrogen-bond donors (Lipinski definition) is 0. The van der Waals surface area contributed by atoms with Crippen molar-refractivity contribution in [1.29, 1.82) is 0 Å². The summed E-state index contributed by atoms with van der Waals surface area (Å²) in [6.45, 7) is 4.01. The highest BCUT2D eigenvalue weighted by molar-refractivity contribution is 6.31. The number of fused-ring (bicyclic) bond motifs is 1. The molecule has 0 unspecified atom stereocenters. The van der Waals surface area contributed by atoms with Gasteiger partial charge >= 0.3 is 0 Å². The van der Waals surface area contributed by atoms with E-state index < -0.39 is 0 Å². The van der Waals surface area contributed by atoms with Crippen molar-refractivity contribution in [2.24, 2.45) is 0 Å². The fourth-order valence-electron chi connectivity index (χ4n) is 2.93. The van der Waals surface area contributed by atoms with Crippen molar-refractivity contribution in [2.45, 2.75) is 18.8 Å². The zero-order chi connectivity index (χ0) is 11.8. The third-order valence-electron chi connectivity index (χ3n) is 3.75. The van der Waals surface area contributed by atoms with Crippen LogP contribution in [0.25, 0.3) is 0 Å². The van der Waals surface area contributed by atoms with Gasteiger partial charge < -0.3 is 0 Å². The third kappa shape index (κ3) is 2.07. The molecule has 2 fully saturated rings. The lowest BCUT2D eigenvalue weighted by molar-refractivity contribution is -0.00111. The maximum Gasteiger partial charge on any atom is 0.128 e. The number of halogens is 2. The molecule has 0 spiro atoms. The lowest BCUT2D eigenvalue weighted by Gasteiger charge is -2.31. The van der Waals surface area contributed by atoms with E-state index in [2.05, 4.69) is 10.0 Å². The fraction of sp³-hybridized carbons (Fsp3) is 0.538. The molecule has 1 aromatic carbocycles. The lowest BCUT2D eigenvalue weighted by atomic mass is 9.99. The third-order valence-corrected chi connectivity index (χ3v) is 4.08. The predicted octanol–water partition coefficient (Wildman–Crippen LogP) is 2.89. The molecule has 2 aliphatic heterocycles. The highest BCUT2D eigenvalue weighted by Gasteiger charge is 2.34. The van der Waals surface area contributed by atoms with E-state index in [1.807, 2.05) is 0 Å². The second-order valence-electron chi connectivity index (χ2n) is 4.86. The molecule has 3 rings (SSSR count). The molecule has 2 nitrogen and oxygen atoms in total. The predicted molar refractivity (Wildman–Crippen MR) is 66.5 cm³/mol. The average molecular weight is 255 g/mol. The molecule has 2 aliphatic rings. The number of nitrogens with zero attached hydrogens (tertiary/aromatic N) is 2. The maximum absolute atomic E-state index is 13.9. The van der Waals surface area contributed by atoms with Crippen LogP contribution in [-0.2, 0) is 0 Å². The van der Waals surface area contributed by atoms with Crippen LogP contribution in [0.15, 0.2) is 18.2 Å². The molecule has 92 valence electrons. The smallest absolute Gasteiger partial charge is 0.128 e. The Bertz CT molecular complexity index is 390. The number of benzene rings is 1. The summed E-state index contributed by atoms with van der Waals surface area (Å²) in [6, 6.07) is 4.96. The first kappa shape index (κ1) is 11.5. The van der Waals surface area contributed by atoms with E-state index in [1.165, 1.54) is 18.9 Å². The van der Waals surface area contributed by atoms with E-state index in [1.54, 1.807) is 12.1 Å². The molecular formula is C13H16ClFN2. The van der Waals surface area contributed by atoms with Crippen molar-refractivity contribution in [3.63, 3.8) is 0 Å². The summed E-state index contributed by atoms with van der Waals surface area (Å²) in [6.07, 6.45) is 2.49. The van der Waals surface area contributed by atoms with Gasteiger partial charge in [-0.25, -0.2) is 14.4 Å². The molecule has 2 saturated heterocycles. The zero-order valence-electron chi connectivity index (χ0n) is 9.70. The quantitative estimate of drug-likeness (QED) is 0.760. The summed E-state index contributed by atoms with van der Waals surface area (Å²) in [5.74, 6) is 0.0466. The largest absolute Gasteiger partial charge is 0.241 e. The van der Waals surface area contributed by atoms with Crippen LogP contribution in [0.1, 0.15) is 24.3 Å². The van der Waals surface area contributed by atoms with Gasteiger partial charge in [0.15, 0.2) is 0 Å². The molecule has 4 heteroatoms. The maximum atomic E-state index is 13.9. The van der Waals surface area contributed by atoms with Gasteiger partial charge in [-0.1, -0.05) is 17.7 Å². The van der Waals surface area contributed by atoms with Gasteiger partial charge in [0.1, 0.15) is 5.82 Å². The molecule has 0 radical (unpaired) electrons. The Hall–Kier alpha value is -0.640. The standard InChI is InChI=1S/C13H16ClFN2/c14-11-4-3-5-12(15)13(11)10-8-16-6-1-2-7-17(16)9-10/h3-5,10H,1-2,6-9H2. The van der Waals surface area contributed by atoms with Crippen LogP contribution in [0.3, 0.4) is 0 Å². The van der Waals surface area contributed by atoms with Gasteiger partial charge in [0.05, 0.1) is 0 Å². The van der Waals surface area contributed by atoms with Gasteiger partial charge in [0.2, 0.25) is 0 Å². The van der Waals surface area contributed by atoms with Crippen molar-refractivity contribution in [2.75, 3.05) is 26.2 Å². The SMILES string of the molecule is Fc1cccc(Cl)c1C1CN2CCCCN2C1. The topological polar surface area (TPSA) is 6.48 Å². The minimum absolute atomic E-state index is 0.163. The second kappa shape index (κ2) is 4.56. The van der Waals surface area contributed by atoms with Crippen LogP contribution in [-0.4, -0.2) is 36.2 Å². The second-order valence-corrected chi connectivity index (χ2v) is 5.27. The summed E-state index contributed by atoms with van der Waals surface area (Å²) in [4.78, 5) is 0. The zero-order valence-corrected chi connectivity index (χ0v) is 10.5. The minimum Gasteiger partial charge on any atom is -0.241 e. The van der Waals surface area contributed by atoms with Gasteiger partial charge in [-0.2, -0.15) is 0 Å². The molecule has 0 saturated carbocycles. The van der Waals surface area contributed by atoms with Crippen molar-refractivity contribution in [1.82, 2.24) is 10.0 Å². The Morgan fingerprint density at radius 1 is 1.12 bits per heavy atom. The Morgan fingerprint density at radius 3 is 2.35 bits per heavy atom. The van der Waals surface area contributed by atoms with E-state index in [0.717, 1.165) is 26.2 Å². The van der Waals surface area contributed by atoms with E-state index in [9.17, 15) is 4.39 Å². The van der Waals surface area contributed by atoms with Gasteiger partial charge in [-0.3, -0.25) is 0 Å². The molecule has 2 heterocycles. The Morgan fingerprint density at radius 2 is 1.76 bits per heavy atom. The summed E-state index contributed by atoms with van der Waals surface area (Å²) < 4.78 is 13.9. The van der Waals surface area contributed by atoms with Crippen LogP contribution in [0.4, 0.5) is 4.39 Å². The van der Waals surface area contributed by atoms with Gasteiger partial charge in [0.25, 0.3) is 0 Å². The van der Waals surface area contributed by atoms with Gasteiger partial charge in [0, 0.05) is 42.7 Å². The van der Waals surface area contributed by atoms with Crippen molar-refractivity contribution in [3.8, 4) is 0 Å².